The van der Waals surface area contributed by atoms with Crippen LogP contribution < -0.4 is 10.6 Å². The predicted molar refractivity (Wildman–Crippen MR) is 69.2 cm³/mol. The molecule has 92 valence electrons. The summed E-state index contributed by atoms with van der Waals surface area (Å²) >= 11 is 0. The van der Waals surface area contributed by atoms with Crippen molar-refractivity contribution in [3.05, 3.63) is 35.4 Å². The van der Waals surface area contributed by atoms with Gasteiger partial charge in [0.15, 0.2) is 0 Å². The summed E-state index contributed by atoms with van der Waals surface area (Å²) in [5.41, 5.74) is 1.92. The Labute approximate surface area is 103 Å². The van der Waals surface area contributed by atoms with Gasteiger partial charge in [0.1, 0.15) is 0 Å². The maximum absolute atomic E-state index is 12.0. The highest BCUT2D eigenvalue weighted by Crippen LogP contribution is 2.17. The second kappa shape index (κ2) is 4.88. The Morgan fingerprint density at radius 2 is 2.35 bits per heavy atom. The van der Waals surface area contributed by atoms with Crippen LogP contribution >= 0.6 is 0 Å². The van der Waals surface area contributed by atoms with Crippen molar-refractivity contribution in [2.45, 2.75) is 32.2 Å². The van der Waals surface area contributed by atoms with E-state index in [1.807, 2.05) is 31.2 Å². The van der Waals surface area contributed by atoms with Crippen molar-refractivity contribution < 1.29 is 4.79 Å². The number of carbonyl (C=O) groups is 1. The zero-order chi connectivity index (χ0) is 12.3. The van der Waals surface area contributed by atoms with Crippen molar-refractivity contribution in [1.29, 1.82) is 0 Å². The van der Waals surface area contributed by atoms with Crippen molar-refractivity contribution in [1.82, 2.24) is 10.6 Å². The quantitative estimate of drug-likeness (QED) is 0.835. The van der Waals surface area contributed by atoms with Crippen LogP contribution in [-0.4, -0.2) is 24.5 Å². The summed E-state index contributed by atoms with van der Waals surface area (Å²) in [6, 6.07) is 7.68. The van der Waals surface area contributed by atoms with Gasteiger partial charge in [-0.15, -0.1) is 0 Å². The lowest BCUT2D eigenvalue weighted by molar-refractivity contribution is 0.0942. The number of amides is 1. The zero-order valence-corrected chi connectivity index (χ0v) is 10.5. The van der Waals surface area contributed by atoms with Crippen LogP contribution in [0.2, 0.25) is 0 Å². The second-order valence-corrected chi connectivity index (χ2v) is 5.14. The van der Waals surface area contributed by atoms with Crippen LogP contribution in [0, 0.1) is 6.92 Å². The Hall–Kier alpha value is -1.35. The van der Waals surface area contributed by atoms with Gasteiger partial charge >= 0.3 is 0 Å². The molecule has 1 atom stereocenters. The first-order valence-corrected chi connectivity index (χ1v) is 6.19. The maximum Gasteiger partial charge on any atom is 0.251 e. The van der Waals surface area contributed by atoms with E-state index in [0.717, 1.165) is 24.1 Å². The van der Waals surface area contributed by atoms with Crippen LogP contribution in [0.15, 0.2) is 24.3 Å². The number of rotatable bonds is 3. The van der Waals surface area contributed by atoms with Gasteiger partial charge in [0.05, 0.1) is 0 Å². The zero-order valence-electron chi connectivity index (χ0n) is 10.5. The number of hydrogen-bond acceptors (Lipinski definition) is 2. The second-order valence-electron chi connectivity index (χ2n) is 5.14. The number of aryl methyl sites for hydroxylation is 1. The fraction of sp³-hybridized carbons (Fsp3) is 0.500. The molecule has 1 heterocycles. The Bertz CT molecular complexity index is 408. The van der Waals surface area contributed by atoms with Gasteiger partial charge in [-0.05, 0) is 45.4 Å². The van der Waals surface area contributed by atoms with Crippen molar-refractivity contribution in [2.24, 2.45) is 0 Å². The minimum atomic E-state index is 0.0172. The molecule has 1 unspecified atom stereocenters. The molecule has 0 spiro atoms. The summed E-state index contributed by atoms with van der Waals surface area (Å²) in [5.74, 6) is 0.0172. The third kappa shape index (κ3) is 3.07. The Morgan fingerprint density at radius 3 is 3.00 bits per heavy atom. The van der Waals surface area contributed by atoms with Crippen LogP contribution in [0.1, 0.15) is 35.7 Å². The normalized spacial score (nSPS) is 23.6. The number of nitrogens with one attached hydrogen (secondary N) is 2. The van der Waals surface area contributed by atoms with E-state index in [1.165, 1.54) is 6.42 Å². The third-order valence-corrected chi connectivity index (χ3v) is 3.38. The topological polar surface area (TPSA) is 41.1 Å². The van der Waals surface area contributed by atoms with E-state index in [-0.39, 0.29) is 11.4 Å². The summed E-state index contributed by atoms with van der Waals surface area (Å²) in [5, 5.41) is 6.44. The minimum Gasteiger partial charge on any atom is -0.350 e. The standard InChI is InChI=1S/C14H20N2O/c1-11-5-3-6-12(9-11)13(17)15-10-14(2)7-4-8-16-14/h3,5-6,9,16H,4,7-8,10H2,1-2H3,(H,15,17). The van der Waals surface area contributed by atoms with Crippen LogP contribution in [0.4, 0.5) is 0 Å². The monoisotopic (exact) mass is 232 g/mol. The lowest BCUT2D eigenvalue weighted by Gasteiger charge is -2.24. The number of carbonyl (C=O) groups excluding carboxylic acids is 1. The van der Waals surface area contributed by atoms with Gasteiger partial charge in [0.25, 0.3) is 5.91 Å². The molecular weight excluding hydrogens is 212 g/mol. The smallest absolute Gasteiger partial charge is 0.251 e. The molecular formula is C14H20N2O. The molecule has 1 fully saturated rings. The average Bonchev–Trinajstić information content (AvgIpc) is 2.74. The van der Waals surface area contributed by atoms with E-state index in [4.69, 9.17) is 0 Å². The Kier molecular flexibility index (Phi) is 3.48. The van der Waals surface area contributed by atoms with Gasteiger partial charge in [-0.1, -0.05) is 17.7 Å². The lowest BCUT2D eigenvalue weighted by Crippen LogP contribution is -2.47. The Morgan fingerprint density at radius 1 is 1.53 bits per heavy atom. The summed E-state index contributed by atoms with van der Waals surface area (Å²) < 4.78 is 0. The van der Waals surface area contributed by atoms with E-state index < -0.39 is 0 Å². The van der Waals surface area contributed by atoms with Gasteiger partial charge in [0.2, 0.25) is 0 Å². The van der Waals surface area contributed by atoms with Crippen LogP contribution in [0.3, 0.4) is 0 Å². The van der Waals surface area contributed by atoms with E-state index in [0.29, 0.717) is 6.54 Å². The first-order chi connectivity index (χ1) is 8.09. The van der Waals surface area contributed by atoms with Crippen molar-refractivity contribution in [3.63, 3.8) is 0 Å². The van der Waals surface area contributed by atoms with Gasteiger partial charge in [-0.3, -0.25) is 4.79 Å². The van der Waals surface area contributed by atoms with Crippen molar-refractivity contribution in [2.75, 3.05) is 13.1 Å². The molecule has 0 radical (unpaired) electrons. The van der Waals surface area contributed by atoms with Crippen LogP contribution in [-0.2, 0) is 0 Å². The van der Waals surface area contributed by atoms with E-state index in [2.05, 4.69) is 17.6 Å². The summed E-state index contributed by atoms with van der Waals surface area (Å²) in [7, 11) is 0. The molecule has 0 saturated carbocycles. The summed E-state index contributed by atoms with van der Waals surface area (Å²) in [6.45, 7) is 5.91. The minimum absolute atomic E-state index is 0.0172. The van der Waals surface area contributed by atoms with E-state index in [9.17, 15) is 4.79 Å². The summed E-state index contributed by atoms with van der Waals surface area (Å²) in [4.78, 5) is 12.0. The SMILES string of the molecule is Cc1cccc(C(=O)NCC2(C)CCCN2)c1. The van der Waals surface area contributed by atoms with E-state index in [1.54, 1.807) is 0 Å². The fourth-order valence-electron chi connectivity index (χ4n) is 2.27. The van der Waals surface area contributed by atoms with Crippen molar-refractivity contribution in [3.8, 4) is 0 Å². The molecule has 1 aliphatic rings. The molecule has 1 aliphatic heterocycles. The molecule has 1 aromatic rings. The van der Waals surface area contributed by atoms with Gasteiger partial charge in [-0.2, -0.15) is 0 Å². The number of benzene rings is 1. The molecule has 1 amide bonds. The molecule has 1 aromatic carbocycles. The molecule has 3 heteroatoms. The highest BCUT2D eigenvalue weighted by Gasteiger charge is 2.28. The fourth-order valence-corrected chi connectivity index (χ4v) is 2.27. The largest absolute Gasteiger partial charge is 0.350 e. The molecule has 0 aromatic heterocycles. The molecule has 3 nitrogen and oxygen atoms in total. The molecule has 17 heavy (non-hydrogen) atoms. The third-order valence-electron chi connectivity index (χ3n) is 3.38. The highest BCUT2D eigenvalue weighted by molar-refractivity contribution is 5.94. The first kappa shape index (κ1) is 12.1. The highest BCUT2D eigenvalue weighted by atomic mass is 16.1. The van der Waals surface area contributed by atoms with Gasteiger partial charge < -0.3 is 10.6 Å². The van der Waals surface area contributed by atoms with Gasteiger partial charge in [0, 0.05) is 17.6 Å². The number of hydrogen-bond donors (Lipinski definition) is 2. The van der Waals surface area contributed by atoms with Crippen molar-refractivity contribution >= 4 is 5.91 Å². The maximum atomic E-state index is 12.0. The van der Waals surface area contributed by atoms with Gasteiger partial charge in [-0.25, -0.2) is 0 Å². The average molecular weight is 232 g/mol. The van der Waals surface area contributed by atoms with Crippen LogP contribution in [0.25, 0.3) is 0 Å². The predicted octanol–water partition coefficient (Wildman–Crippen LogP) is 1.87. The molecule has 0 bridgehead atoms. The van der Waals surface area contributed by atoms with Crippen LogP contribution in [0.5, 0.6) is 0 Å². The molecule has 2 rings (SSSR count). The Balaban J connectivity index is 1.93. The van der Waals surface area contributed by atoms with E-state index >= 15 is 0 Å². The molecule has 2 N–H and O–H groups in total. The molecule has 1 saturated heterocycles. The molecule has 0 aliphatic carbocycles. The summed E-state index contributed by atoms with van der Waals surface area (Å²) in [6.07, 6.45) is 2.32. The first-order valence-electron chi connectivity index (χ1n) is 6.19. The lowest BCUT2D eigenvalue weighted by atomic mass is 10.0.